The van der Waals surface area contributed by atoms with E-state index in [1.165, 1.54) is 0 Å². The summed E-state index contributed by atoms with van der Waals surface area (Å²) >= 11 is 0. The number of likely N-dealkylation sites (tertiary alicyclic amines) is 1. The normalized spacial score (nSPS) is 18.9. The van der Waals surface area contributed by atoms with Gasteiger partial charge in [0.2, 0.25) is 11.8 Å². The number of rotatable bonds is 5. The lowest BCUT2D eigenvalue weighted by Crippen LogP contribution is -2.46. The third-order valence-electron chi connectivity index (χ3n) is 4.43. The van der Waals surface area contributed by atoms with Crippen LogP contribution in [0.3, 0.4) is 0 Å². The fourth-order valence-corrected chi connectivity index (χ4v) is 3.21. The molecule has 2 unspecified atom stereocenters. The van der Waals surface area contributed by atoms with Crippen molar-refractivity contribution in [1.29, 1.82) is 0 Å². The third kappa shape index (κ3) is 3.91. The first-order valence-electron chi connectivity index (χ1n) is 8.54. The molecule has 1 fully saturated rings. The Balaban J connectivity index is 1.66. The second kappa shape index (κ2) is 7.90. The SMILES string of the molecule is CCC(C(=O)N1CCCC(Oc2cnccn2)C1)c1ccccc1. The first-order valence-corrected chi connectivity index (χ1v) is 8.54. The Bertz CT molecular complexity index is 648. The Morgan fingerprint density at radius 2 is 2.17 bits per heavy atom. The minimum atomic E-state index is -0.0820. The van der Waals surface area contributed by atoms with Gasteiger partial charge in [-0.15, -0.1) is 0 Å². The zero-order valence-corrected chi connectivity index (χ0v) is 14.0. The summed E-state index contributed by atoms with van der Waals surface area (Å²) in [6.07, 6.45) is 7.50. The predicted octanol–water partition coefficient (Wildman–Crippen LogP) is 3.04. The fraction of sp³-hybridized carbons (Fsp3) is 0.421. The Morgan fingerprint density at radius 3 is 2.88 bits per heavy atom. The van der Waals surface area contributed by atoms with Crippen molar-refractivity contribution in [1.82, 2.24) is 14.9 Å². The predicted molar refractivity (Wildman–Crippen MR) is 91.7 cm³/mol. The van der Waals surface area contributed by atoms with Gasteiger partial charge in [0, 0.05) is 18.9 Å². The first-order chi connectivity index (χ1) is 11.8. The van der Waals surface area contributed by atoms with Gasteiger partial charge in [-0.1, -0.05) is 37.3 Å². The van der Waals surface area contributed by atoms with Crippen LogP contribution in [0.1, 0.15) is 37.7 Å². The van der Waals surface area contributed by atoms with E-state index >= 15 is 0 Å². The van der Waals surface area contributed by atoms with Gasteiger partial charge in [-0.25, -0.2) is 4.98 Å². The summed E-state index contributed by atoms with van der Waals surface area (Å²) < 4.78 is 5.89. The number of nitrogens with zero attached hydrogens (tertiary/aromatic N) is 3. The molecule has 2 aromatic rings. The molecule has 0 bridgehead atoms. The summed E-state index contributed by atoms with van der Waals surface area (Å²) in [5.74, 6) is 0.629. The molecule has 126 valence electrons. The second-order valence-corrected chi connectivity index (χ2v) is 6.08. The molecule has 1 saturated heterocycles. The van der Waals surface area contributed by atoms with Crippen molar-refractivity contribution < 1.29 is 9.53 Å². The number of ether oxygens (including phenoxy) is 1. The van der Waals surface area contributed by atoms with Crippen LogP contribution in [0, 0.1) is 0 Å². The maximum Gasteiger partial charge on any atom is 0.232 e. The van der Waals surface area contributed by atoms with E-state index in [2.05, 4.69) is 16.9 Å². The van der Waals surface area contributed by atoms with E-state index in [1.807, 2.05) is 35.2 Å². The Hall–Kier alpha value is -2.43. The van der Waals surface area contributed by atoms with Crippen LogP contribution >= 0.6 is 0 Å². The summed E-state index contributed by atoms with van der Waals surface area (Å²) in [5, 5.41) is 0. The topological polar surface area (TPSA) is 55.3 Å². The second-order valence-electron chi connectivity index (χ2n) is 6.08. The van der Waals surface area contributed by atoms with E-state index in [0.717, 1.165) is 31.4 Å². The van der Waals surface area contributed by atoms with Crippen molar-refractivity contribution in [2.24, 2.45) is 0 Å². The standard InChI is InChI=1S/C19H23N3O2/c1-2-17(15-7-4-3-5-8-15)19(23)22-12-6-9-16(14-22)24-18-13-20-10-11-21-18/h3-5,7-8,10-11,13,16-17H,2,6,9,12,14H2,1H3. The summed E-state index contributed by atoms with van der Waals surface area (Å²) in [5.41, 5.74) is 1.09. The lowest BCUT2D eigenvalue weighted by molar-refractivity contribution is -0.135. The van der Waals surface area contributed by atoms with Gasteiger partial charge in [0.25, 0.3) is 0 Å². The van der Waals surface area contributed by atoms with E-state index in [9.17, 15) is 4.79 Å². The molecule has 0 saturated carbocycles. The van der Waals surface area contributed by atoms with Crippen LogP contribution in [0.5, 0.6) is 5.88 Å². The van der Waals surface area contributed by atoms with Crippen LogP contribution < -0.4 is 4.74 Å². The molecule has 1 aliphatic rings. The minimum Gasteiger partial charge on any atom is -0.471 e. The first kappa shape index (κ1) is 16.4. The summed E-state index contributed by atoms with van der Waals surface area (Å²) in [6.45, 7) is 3.47. The Labute approximate surface area is 142 Å². The van der Waals surface area contributed by atoms with Gasteiger partial charge in [0.05, 0.1) is 18.7 Å². The monoisotopic (exact) mass is 325 g/mol. The van der Waals surface area contributed by atoms with Crippen molar-refractivity contribution in [3.05, 3.63) is 54.5 Å². The van der Waals surface area contributed by atoms with Crippen molar-refractivity contribution >= 4 is 5.91 Å². The zero-order valence-electron chi connectivity index (χ0n) is 14.0. The maximum absolute atomic E-state index is 13.0. The van der Waals surface area contributed by atoms with Gasteiger partial charge in [-0.2, -0.15) is 0 Å². The summed E-state index contributed by atoms with van der Waals surface area (Å²) in [6, 6.07) is 10.0. The third-order valence-corrected chi connectivity index (χ3v) is 4.43. The van der Waals surface area contributed by atoms with Crippen LogP contribution in [-0.4, -0.2) is 40.0 Å². The van der Waals surface area contributed by atoms with Gasteiger partial charge < -0.3 is 9.64 Å². The van der Waals surface area contributed by atoms with Crippen LogP contribution in [0.2, 0.25) is 0 Å². The van der Waals surface area contributed by atoms with Gasteiger partial charge in [0.15, 0.2) is 0 Å². The van der Waals surface area contributed by atoms with Crippen LogP contribution in [0.4, 0.5) is 0 Å². The number of piperidine rings is 1. The van der Waals surface area contributed by atoms with E-state index in [4.69, 9.17) is 4.74 Å². The van der Waals surface area contributed by atoms with E-state index < -0.39 is 0 Å². The molecule has 3 rings (SSSR count). The molecular weight excluding hydrogens is 302 g/mol. The molecule has 0 spiro atoms. The number of carbonyl (C=O) groups excluding carboxylic acids is 1. The van der Waals surface area contributed by atoms with E-state index in [1.54, 1.807) is 18.6 Å². The van der Waals surface area contributed by atoms with E-state index in [0.29, 0.717) is 12.4 Å². The number of benzene rings is 1. The molecule has 1 aromatic heterocycles. The highest BCUT2D eigenvalue weighted by molar-refractivity contribution is 5.83. The van der Waals surface area contributed by atoms with Gasteiger partial charge >= 0.3 is 0 Å². The largest absolute Gasteiger partial charge is 0.471 e. The number of hydrogen-bond acceptors (Lipinski definition) is 4. The molecule has 24 heavy (non-hydrogen) atoms. The van der Waals surface area contributed by atoms with E-state index in [-0.39, 0.29) is 17.9 Å². The number of hydrogen-bond donors (Lipinski definition) is 0. The van der Waals surface area contributed by atoms with Crippen molar-refractivity contribution in [3.8, 4) is 5.88 Å². The van der Waals surface area contributed by atoms with Gasteiger partial charge in [-0.05, 0) is 24.8 Å². The molecule has 1 aliphatic heterocycles. The molecule has 2 atom stereocenters. The molecule has 1 amide bonds. The van der Waals surface area contributed by atoms with Crippen LogP contribution in [-0.2, 0) is 4.79 Å². The van der Waals surface area contributed by atoms with Crippen molar-refractivity contribution in [2.75, 3.05) is 13.1 Å². The molecule has 1 aromatic carbocycles. The zero-order chi connectivity index (χ0) is 16.8. The van der Waals surface area contributed by atoms with Crippen molar-refractivity contribution in [2.45, 2.75) is 38.2 Å². The Morgan fingerprint density at radius 1 is 1.33 bits per heavy atom. The number of carbonyl (C=O) groups is 1. The molecule has 5 nitrogen and oxygen atoms in total. The average Bonchev–Trinajstić information content (AvgIpc) is 2.64. The lowest BCUT2D eigenvalue weighted by atomic mass is 9.94. The average molecular weight is 325 g/mol. The highest BCUT2D eigenvalue weighted by Crippen LogP contribution is 2.25. The molecule has 0 radical (unpaired) electrons. The Kier molecular flexibility index (Phi) is 5.41. The summed E-state index contributed by atoms with van der Waals surface area (Å²) in [7, 11) is 0. The molecule has 5 heteroatoms. The molecule has 0 aliphatic carbocycles. The summed E-state index contributed by atoms with van der Waals surface area (Å²) in [4.78, 5) is 23.1. The minimum absolute atomic E-state index is 0.0207. The fourth-order valence-electron chi connectivity index (χ4n) is 3.21. The molecular formula is C19H23N3O2. The maximum atomic E-state index is 13.0. The highest BCUT2D eigenvalue weighted by atomic mass is 16.5. The molecule has 2 heterocycles. The van der Waals surface area contributed by atoms with Gasteiger partial charge in [-0.3, -0.25) is 9.78 Å². The van der Waals surface area contributed by atoms with Crippen LogP contribution in [0.15, 0.2) is 48.9 Å². The quantitative estimate of drug-likeness (QED) is 0.848. The highest BCUT2D eigenvalue weighted by Gasteiger charge is 2.29. The smallest absolute Gasteiger partial charge is 0.232 e. The number of aromatic nitrogens is 2. The lowest BCUT2D eigenvalue weighted by Gasteiger charge is -2.34. The number of amides is 1. The van der Waals surface area contributed by atoms with Crippen molar-refractivity contribution in [3.63, 3.8) is 0 Å². The van der Waals surface area contributed by atoms with Gasteiger partial charge in [0.1, 0.15) is 6.10 Å². The molecule has 0 N–H and O–H groups in total. The van der Waals surface area contributed by atoms with Crippen LogP contribution in [0.25, 0.3) is 0 Å².